The Balaban J connectivity index is 4.02. The van der Waals surface area contributed by atoms with Gasteiger partial charge in [-0.15, -0.1) is 0 Å². The second-order valence-electron chi connectivity index (χ2n) is 11.8. The van der Waals surface area contributed by atoms with Gasteiger partial charge in [0.25, 0.3) is 0 Å². The molecule has 44 heavy (non-hydrogen) atoms. The van der Waals surface area contributed by atoms with Crippen molar-refractivity contribution in [2.75, 3.05) is 13.2 Å². The van der Waals surface area contributed by atoms with Crippen molar-refractivity contribution in [2.24, 2.45) is 0 Å². The molecule has 0 heterocycles. The van der Waals surface area contributed by atoms with Crippen LogP contribution in [-0.4, -0.2) is 41.0 Å². The van der Waals surface area contributed by atoms with Crippen LogP contribution in [0.2, 0.25) is 0 Å². The number of rotatable bonds is 32. The van der Waals surface area contributed by atoms with Gasteiger partial charge in [-0.3, -0.25) is 14.1 Å². The van der Waals surface area contributed by atoms with Crippen molar-refractivity contribution >= 4 is 19.8 Å². The highest BCUT2D eigenvalue weighted by molar-refractivity contribution is 7.46. The Kier molecular flexibility index (Phi) is 30.5. The number of carbonyl (C=O) groups excluding carboxylic acids is 2. The van der Waals surface area contributed by atoms with Gasteiger partial charge in [0.1, 0.15) is 6.61 Å². The first kappa shape index (κ1) is 42.5. The molecule has 0 saturated heterocycles. The molecule has 0 aliphatic heterocycles. The Morgan fingerprint density at radius 3 is 1.50 bits per heavy atom. The first-order valence-electron chi connectivity index (χ1n) is 17.6. The van der Waals surface area contributed by atoms with E-state index in [0.29, 0.717) is 12.8 Å². The monoisotopic (exact) mass is 644 g/mol. The maximum atomic E-state index is 12.3. The molecule has 258 valence electrons. The van der Waals surface area contributed by atoms with Crippen LogP contribution in [0.25, 0.3) is 0 Å². The summed E-state index contributed by atoms with van der Waals surface area (Å²) in [6.45, 7) is 3.60. The number of unbranched alkanes of at least 4 members (excludes halogenated alkanes) is 18. The second kappa shape index (κ2) is 31.5. The molecule has 8 nitrogen and oxygen atoms in total. The lowest BCUT2D eigenvalue weighted by molar-refractivity contribution is -0.161. The largest absolute Gasteiger partial charge is 0.469 e. The van der Waals surface area contributed by atoms with E-state index in [-0.39, 0.29) is 19.4 Å². The Bertz CT molecular complexity index is 777. The molecule has 0 aliphatic rings. The summed E-state index contributed by atoms with van der Waals surface area (Å²) >= 11 is 0. The van der Waals surface area contributed by atoms with Gasteiger partial charge >= 0.3 is 19.8 Å². The quantitative estimate of drug-likeness (QED) is 0.0321. The topological polar surface area (TPSA) is 119 Å². The van der Waals surface area contributed by atoms with Crippen LogP contribution in [-0.2, 0) is 28.2 Å². The number of hydrogen-bond acceptors (Lipinski definition) is 6. The molecule has 0 aliphatic carbocycles. The van der Waals surface area contributed by atoms with Crippen LogP contribution in [0.4, 0.5) is 0 Å². The summed E-state index contributed by atoms with van der Waals surface area (Å²) < 4.78 is 26.2. The third-order valence-electron chi connectivity index (χ3n) is 7.44. The van der Waals surface area contributed by atoms with Gasteiger partial charge in [-0.05, 0) is 57.8 Å². The van der Waals surface area contributed by atoms with Gasteiger partial charge in [0.2, 0.25) is 0 Å². The van der Waals surface area contributed by atoms with Crippen LogP contribution in [0.3, 0.4) is 0 Å². The van der Waals surface area contributed by atoms with Gasteiger partial charge in [-0.2, -0.15) is 0 Å². The summed E-state index contributed by atoms with van der Waals surface area (Å²) in [6, 6.07) is 0. The fourth-order valence-corrected chi connectivity index (χ4v) is 5.12. The van der Waals surface area contributed by atoms with Crippen molar-refractivity contribution in [3.63, 3.8) is 0 Å². The Morgan fingerprint density at radius 2 is 0.977 bits per heavy atom. The maximum absolute atomic E-state index is 12.3. The van der Waals surface area contributed by atoms with E-state index in [4.69, 9.17) is 19.3 Å². The van der Waals surface area contributed by atoms with Gasteiger partial charge in [-0.25, -0.2) is 4.57 Å². The molecule has 0 saturated carbocycles. The minimum absolute atomic E-state index is 0.198. The van der Waals surface area contributed by atoms with Crippen molar-refractivity contribution in [3.8, 4) is 0 Å². The molecule has 0 fully saturated rings. The van der Waals surface area contributed by atoms with Gasteiger partial charge < -0.3 is 19.3 Å². The third kappa shape index (κ3) is 33.4. The molecule has 9 heteroatoms. The number of phosphoric ester groups is 1. The van der Waals surface area contributed by atoms with E-state index >= 15 is 0 Å². The summed E-state index contributed by atoms with van der Waals surface area (Å²) in [6.07, 6.45) is 33.3. The lowest BCUT2D eigenvalue weighted by Gasteiger charge is -2.18. The van der Waals surface area contributed by atoms with E-state index in [0.717, 1.165) is 57.8 Å². The van der Waals surface area contributed by atoms with Gasteiger partial charge in [-0.1, -0.05) is 122 Å². The van der Waals surface area contributed by atoms with Crippen LogP contribution in [0, 0.1) is 0 Å². The Labute approximate surface area is 269 Å². The predicted molar refractivity (Wildman–Crippen MR) is 179 cm³/mol. The normalized spacial score (nSPS) is 12.7. The van der Waals surface area contributed by atoms with Crippen molar-refractivity contribution < 1.29 is 37.9 Å². The zero-order chi connectivity index (χ0) is 32.6. The van der Waals surface area contributed by atoms with E-state index in [1.807, 2.05) is 0 Å². The molecule has 0 aromatic heterocycles. The summed E-state index contributed by atoms with van der Waals surface area (Å²) in [5.41, 5.74) is 0. The van der Waals surface area contributed by atoms with Crippen molar-refractivity contribution in [3.05, 3.63) is 24.3 Å². The van der Waals surface area contributed by atoms with Gasteiger partial charge in [0.15, 0.2) is 6.10 Å². The molecule has 0 rings (SSSR count). The fourth-order valence-electron chi connectivity index (χ4n) is 4.76. The van der Waals surface area contributed by atoms with E-state index in [1.54, 1.807) is 0 Å². The first-order chi connectivity index (χ1) is 21.3. The van der Waals surface area contributed by atoms with Gasteiger partial charge in [0, 0.05) is 12.8 Å². The first-order valence-corrected chi connectivity index (χ1v) is 19.2. The smallest absolute Gasteiger partial charge is 0.462 e. The highest BCUT2D eigenvalue weighted by Crippen LogP contribution is 2.35. The Hall–Kier alpha value is -1.47. The van der Waals surface area contributed by atoms with E-state index in [9.17, 15) is 14.2 Å². The minimum atomic E-state index is -4.75. The van der Waals surface area contributed by atoms with E-state index < -0.39 is 32.5 Å². The fraction of sp³-hybridized carbons (Fsp3) is 0.829. The van der Waals surface area contributed by atoms with Gasteiger partial charge in [0.05, 0.1) is 6.61 Å². The molecule has 0 aromatic carbocycles. The number of esters is 2. The average Bonchev–Trinajstić information content (AvgIpc) is 2.98. The number of phosphoric acid groups is 1. The SMILES string of the molecule is CCCC/C=C/CCCCCCCC(=O)O[C@H](COC(=O)CCCC/C=C/CCCCCCCCCCC)COP(=O)(O)O. The number of allylic oxidation sites excluding steroid dienone is 4. The minimum Gasteiger partial charge on any atom is -0.462 e. The van der Waals surface area contributed by atoms with Crippen LogP contribution in [0.5, 0.6) is 0 Å². The van der Waals surface area contributed by atoms with Crippen LogP contribution in [0.1, 0.15) is 168 Å². The average molecular weight is 645 g/mol. The van der Waals surface area contributed by atoms with Crippen molar-refractivity contribution in [2.45, 2.75) is 174 Å². The molecule has 2 N–H and O–H groups in total. The molecule has 1 atom stereocenters. The van der Waals surface area contributed by atoms with E-state index in [2.05, 4.69) is 42.7 Å². The molecule has 0 amide bonds. The van der Waals surface area contributed by atoms with Crippen LogP contribution >= 0.6 is 7.82 Å². The second-order valence-corrected chi connectivity index (χ2v) is 13.1. The summed E-state index contributed by atoms with van der Waals surface area (Å²) in [7, 11) is -4.75. The Morgan fingerprint density at radius 1 is 0.568 bits per heavy atom. The molecule has 0 spiro atoms. The highest BCUT2D eigenvalue weighted by atomic mass is 31.2. The number of carbonyl (C=O) groups is 2. The zero-order valence-electron chi connectivity index (χ0n) is 28.1. The summed E-state index contributed by atoms with van der Waals surface area (Å²) in [4.78, 5) is 42.5. The lowest BCUT2D eigenvalue weighted by atomic mass is 10.1. The molecule has 0 aromatic rings. The molecule has 0 unspecified atom stereocenters. The predicted octanol–water partition coefficient (Wildman–Crippen LogP) is 10.1. The molecule has 0 radical (unpaired) electrons. The number of hydrogen-bond donors (Lipinski definition) is 2. The maximum Gasteiger partial charge on any atom is 0.469 e. The van der Waals surface area contributed by atoms with Crippen molar-refractivity contribution in [1.82, 2.24) is 0 Å². The standard InChI is InChI=1S/C35H65O8P/c1-3-5-7-9-11-13-15-16-17-18-20-21-23-25-27-29-34(36)41-31-33(32-42-44(38,39)40)43-35(37)30-28-26-24-22-19-14-12-10-8-6-4-2/h10,12,20-21,33H,3-9,11,13-19,22-32H2,1-2H3,(H2,38,39,40)/b12-10+,21-20+/t33-/m1/s1. The molecular weight excluding hydrogens is 579 g/mol. The lowest BCUT2D eigenvalue weighted by Crippen LogP contribution is -2.29. The molecule has 0 bridgehead atoms. The van der Waals surface area contributed by atoms with Crippen LogP contribution < -0.4 is 0 Å². The third-order valence-corrected chi connectivity index (χ3v) is 7.93. The van der Waals surface area contributed by atoms with Crippen LogP contribution in [0.15, 0.2) is 24.3 Å². The summed E-state index contributed by atoms with van der Waals surface area (Å²) in [5, 5.41) is 0. The van der Waals surface area contributed by atoms with Crippen molar-refractivity contribution in [1.29, 1.82) is 0 Å². The molecular formula is C35H65O8P. The highest BCUT2D eigenvalue weighted by Gasteiger charge is 2.22. The van der Waals surface area contributed by atoms with E-state index in [1.165, 1.54) is 70.6 Å². The summed E-state index contributed by atoms with van der Waals surface area (Å²) in [5.74, 6) is -0.922. The number of ether oxygens (including phenoxy) is 2. The zero-order valence-corrected chi connectivity index (χ0v) is 29.0.